The number of aliphatic hydroxyl groups is 1. The summed E-state index contributed by atoms with van der Waals surface area (Å²) in [6.45, 7) is 5.59. The summed E-state index contributed by atoms with van der Waals surface area (Å²) in [5, 5.41) is 12.5. The summed E-state index contributed by atoms with van der Waals surface area (Å²) >= 11 is 0. The minimum Gasteiger partial charge on any atom is -0.494 e. The molecule has 0 aliphatic carbocycles. The number of aryl methyl sites for hydroxylation is 1. The first-order chi connectivity index (χ1) is 9.60. The quantitative estimate of drug-likeness (QED) is 0.892. The zero-order chi connectivity index (χ0) is 14.5. The number of hydrogen-bond donors (Lipinski definition) is 2. The molecule has 1 aliphatic rings. The Morgan fingerprint density at radius 2 is 2.35 bits per heavy atom. The van der Waals surface area contributed by atoms with E-state index in [1.54, 1.807) is 4.90 Å². The van der Waals surface area contributed by atoms with Gasteiger partial charge in [-0.25, -0.2) is 4.79 Å². The topological polar surface area (TPSA) is 61.8 Å². The molecule has 1 fully saturated rings. The lowest BCUT2D eigenvalue weighted by atomic mass is 10.1. The van der Waals surface area contributed by atoms with Crippen LogP contribution in [0.1, 0.15) is 25.3 Å². The molecule has 5 nitrogen and oxygen atoms in total. The number of aliphatic hydroxyl groups excluding tert-OH is 1. The van der Waals surface area contributed by atoms with Gasteiger partial charge in [-0.1, -0.05) is 0 Å². The Kier molecular flexibility index (Phi) is 4.84. The Balaban J connectivity index is 2.00. The smallest absolute Gasteiger partial charge is 0.321 e. The number of rotatable bonds is 3. The Morgan fingerprint density at radius 3 is 3.00 bits per heavy atom. The van der Waals surface area contributed by atoms with Crippen molar-refractivity contribution in [3.8, 4) is 5.75 Å². The van der Waals surface area contributed by atoms with Gasteiger partial charge < -0.3 is 20.1 Å². The number of benzene rings is 1. The number of nitrogens with zero attached hydrogens (tertiary/aromatic N) is 1. The molecular formula is C15H22N2O3. The first-order valence-corrected chi connectivity index (χ1v) is 7.07. The largest absolute Gasteiger partial charge is 0.494 e. The molecule has 0 aromatic heterocycles. The van der Waals surface area contributed by atoms with Crippen LogP contribution in [-0.4, -0.2) is 41.8 Å². The first-order valence-electron chi connectivity index (χ1n) is 7.07. The molecule has 1 aliphatic heterocycles. The number of β-amino-alcohol motifs (C(OH)–C–C–N with tert-alkyl or cyclic N) is 1. The van der Waals surface area contributed by atoms with Gasteiger partial charge in [0.05, 0.1) is 12.7 Å². The number of carbonyl (C=O) groups excluding carboxylic acids is 1. The number of ether oxygens (including phenoxy) is 1. The van der Waals surface area contributed by atoms with Crippen LogP contribution in [0.3, 0.4) is 0 Å². The summed E-state index contributed by atoms with van der Waals surface area (Å²) in [5.41, 5.74) is 1.74. The van der Waals surface area contributed by atoms with Crippen LogP contribution in [0.15, 0.2) is 18.2 Å². The maximum Gasteiger partial charge on any atom is 0.321 e. The lowest BCUT2D eigenvalue weighted by molar-refractivity contribution is 0.0883. The molecule has 1 heterocycles. The second-order valence-corrected chi connectivity index (χ2v) is 5.08. The van der Waals surface area contributed by atoms with E-state index in [-0.39, 0.29) is 6.03 Å². The van der Waals surface area contributed by atoms with Gasteiger partial charge in [-0.05, 0) is 50.5 Å². The number of carbonyl (C=O) groups is 1. The van der Waals surface area contributed by atoms with Gasteiger partial charge in [-0.3, -0.25) is 0 Å². The van der Waals surface area contributed by atoms with Gasteiger partial charge in [-0.2, -0.15) is 0 Å². The van der Waals surface area contributed by atoms with Gasteiger partial charge in [-0.15, -0.1) is 0 Å². The molecule has 1 saturated heterocycles. The molecule has 1 atom stereocenters. The molecule has 5 heteroatoms. The minimum atomic E-state index is -0.407. The molecule has 2 N–H and O–H groups in total. The third-order valence-corrected chi connectivity index (χ3v) is 3.43. The zero-order valence-corrected chi connectivity index (χ0v) is 12.1. The van der Waals surface area contributed by atoms with E-state index in [0.717, 1.165) is 29.8 Å². The number of anilines is 1. The van der Waals surface area contributed by atoms with Crippen molar-refractivity contribution in [3.63, 3.8) is 0 Å². The standard InChI is InChI=1S/C15H22N2O3/c1-3-20-13-6-7-14(11(2)9-13)16-15(19)17-8-4-5-12(18)10-17/h6-7,9,12,18H,3-5,8,10H2,1-2H3,(H,16,19)/t12-/m1/s1. The van der Waals surface area contributed by atoms with Crippen LogP contribution in [0.5, 0.6) is 5.75 Å². The Morgan fingerprint density at radius 1 is 1.55 bits per heavy atom. The number of hydrogen-bond acceptors (Lipinski definition) is 3. The van der Waals surface area contributed by atoms with Crippen LogP contribution < -0.4 is 10.1 Å². The van der Waals surface area contributed by atoms with Crippen LogP contribution in [0.25, 0.3) is 0 Å². The van der Waals surface area contributed by atoms with E-state index in [0.29, 0.717) is 19.7 Å². The third kappa shape index (κ3) is 3.63. The van der Waals surface area contributed by atoms with Gasteiger partial charge in [0.15, 0.2) is 0 Å². The second-order valence-electron chi connectivity index (χ2n) is 5.08. The highest BCUT2D eigenvalue weighted by molar-refractivity contribution is 5.90. The lowest BCUT2D eigenvalue weighted by Gasteiger charge is -2.30. The van der Waals surface area contributed by atoms with Gasteiger partial charge in [0.2, 0.25) is 0 Å². The molecule has 2 amide bonds. The van der Waals surface area contributed by atoms with Crippen molar-refractivity contribution in [1.29, 1.82) is 0 Å². The molecule has 1 aromatic rings. The summed E-state index contributed by atoms with van der Waals surface area (Å²) in [5.74, 6) is 0.802. The monoisotopic (exact) mass is 278 g/mol. The molecule has 110 valence electrons. The van der Waals surface area contributed by atoms with Crippen molar-refractivity contribution in [2.75, 3.05) is 25.0 Å². The number of piperidine rings is 1. The predicted molar refractivity (Wildman–Crippen MR) is 78.2 cm³/mol. The zero-order valence-electron chi connectivity index (χ0n) is 12.1. The molecule has 2 rings (SSSR count). The first kappa shape index (κ1) is 14.7. The van der Waals surface area contributed by atoms with Crippen LogP contribution in [-0.2, 0) is 0 Å². The molecule has 0 saturated carbocycles. The van der Waals surface area contributed by atoms with E-state index in [9.17, 15) is 9.90 Å². The van der Waals surface area contributed by atoms with Crippen molar-refractivity contribution in [3.05, 3.63) is 23.8 Å². The lowest BCUT2D eigenvalue weighted by Crippen LogP contribution is -2.44. The normalized spacial score (nSPS) is 18.8. The highest BCUT2D eigenvalue weighted by Crippen LogP contribution is 2.22. The fraction of sp³-hybridized carbons (Fsp3) is 0.533. The van der Waals surface area contributed by atoms with Crippen LogP contribution in [0, 0.1) is 6.92 Å². The summed E-state index contributed by atoms with van der Waals surface area (Å²) in [6.07, 6.45) is 1.21. The fourth-order valence-electron chi connectivity index (χ4n) is 2.37. The maximum absolute atomic E-state index is 12.1. The van der Waals surface area contributed by atoms with E-state index in [2.05, 4.69) is 5.32 Å². The van der Waals surface area contributed by atoms with E-state index in [1.165, 1.54) is 0 Å². The van der Waals surface area contributed by atoms with E-state index < -0.39 is 6.10 Å². The third-order valence-electron chi connectivity index (χ3n) is 3.43. The molecular weight excluding hydrogens is 256 g/mol. The SMILES string of the molecule is CCOc1ccc(NC(=O)N2CCC[C@@H](O)C2)c(C)c1. The second kappa shape index (κ2) is 6.61. The van der Waals surface area contributed by atoms with E-state index >= 15 is 0 Å². The minimum absolute atomic E-state index is 0.156. The Bertz CT molecular complexity index is 476. The van der Waals surface area contributed by atoms with Crippen LogP contribution in [0.4, 0.5) is 10.5 Å². The molecule has 0 bridgehead atoms. The Labute approximate surface area is 119 Å². The number of nitrogens with one attached hydrogen (secondary N) is 1. The van der Waals surface area contributed by atoms with Gasteiger partial charge in [0.25, 0.3) is 0 Å². The summed E-state index contributed by atoms with van der Waals surface area (Å²) in [7, 11) is 0. The van der Waals surface area contributed by atoms with Gasteiger partial charge in [0.1, 0.15) is 5.75 Å². The van der Waals surface area contributed by atoms with Crippen molar-refractivity contribution >= 4 is 11.7 Å². The number of likely N-dealkylation sites (tertiary alicyclic amines) is 1. The molecule has 0 spiro atoms. The number of urea groups is 1. The summed E-state index contributed by atoms with van der Waals surface area (Å²) in [4.78, 5) is 13.8. The average Bonchev–Trinajstić information content (AvgIpc) is 2.42. The van der Waals surface area contributed by atoms with Crippen molar-refractivity contribution < 1.29 is 14.6 Å². The summed E-state index contributed by atoms with van der Waals surface area (Å²) in [6, 6.07) is 5.44. The number of amides is 2. The van der Waals surface area contributed by atoms with E-state index in [1.807, 2.05) is 32.0 Å². The van der Waals surface area contributed by atoms with Crippen molar-refractivity contribution in [2.24, 2.45) is 0 Å². The predicted octanol–water partition coefficient (Wildman–Crippen LogP) is 2.38. The average molecular weight is 278 g/mol. The van der Waals surface area contributed by atoms with Crippen LogP contribution >= 0.6 is 0 Å². The summed E-state index contributed by atoms with van der Waals surface area (Å²) < 4.78 is 5.42. The highest BCUT2D eigenvalue weighted by Gasteiger charge is 2.22. The van der Waals surface area contributed by atoms with E-state index in [4.69, 9.17) is 4.74 Å². The molecule has 0 unspecified atom stereocenters. The van der Waals surface area contributed by atoms with Crippen molar-refractivity contribution in [1.82, 2.24) is 4.90 Å². The Hall–Kier alpha value is -1.75. The maximum atomic E-state index is 12.1. The molecule has 0 radical (unpaired) electrons. The molecule has 20 heavy (non-hydrogen) atoms. The van der Waals surface area contributed by atoms with Gasteiger partial charge in [0, 0.05) is 18.8 Å². The van der Waals surface area contributed by atoms with Crippen LogP contribution in [0.2, 0.25) is 0 Å². The fourth-order valence-corrected chi connectivity index (χ4v) is 2.37. The van der Waals surface area contributed by atoms with Gasteiger partial charge >= 0.3 is 6.03 Å². The highest BCUT2D eigenvalue weighted by atomic mass is 16.5. The van der Waals surface area contributed by atoms with Crippen molar-refractivity contribution in [2.45, 2.75) is 32.8 Å². The molecule has 1 aromatic carbocycles.